The summed E-state index contributed by atoms with van der Waals surface area (Å²) in [4.78, 5) is 0. The molecule has 1 aromatic rings. The average Bonchev–Trinajstić information content (AvgIpc) is 2.55. The fourth-order valence-corrected chi connectivity index (χ4v) is 3.67. The fourth-order valence-electron chi connectivity index (χ4n) is 3.54. The van der Waals surface area contributed by atoms with Crippen molar-refractivity contribution in [2.75, 3.05) is 0 Å². The molecule has 1 heteroatoms. The van der Waals surface area contributed by atoms with Gasteiger partial charge >= 0.3 is 0 Å². The van der Waals surface area contributed by atoms with Crippen LogP contribution in [-0.4, -0.2) is 0 Å². The Morgan fingerprint density at radius 2 is 1.77 bits per heavy atom. The molecule has 0 radical (unpaired) electrons. The maximum absolute atomic E-state index is 5.91. The lowest BCUT2D eigenvalue weighted by Gasteiger charge is -2.26. The number of rotatable bonds is 8. The molecule has 0 aliphatic heterocycles. The SMILES string of the molecule is CCCCC[C@H]1CC[C@H](/C=C/CCc2ccc(Cl)cc2)CC1. The van der Waals surface area contributed by atoms with Crippen LogP contribution < -0.4 is 0 Å². The second-order valence-electron chi connectivity index (χ2n) is 6.87. The number of aryl methyl sites for hydroxylation is 1. The van der Waals surface area contributed by atoms with Gasteiger partial charge in [-0.25, -0.2) is 0 Å². The molecule has 1 fully saturated rings. The highest BCUT2D eigenvalue weighted by atomic mass is 35.5. The van der Waals surface area contributed by atoms with Gasteiger partial charge in [0.1, 0.15) is 0 Å². The highest BCUT2D eigenvalue weighted by Gasteiger charge is 2.18. The zero-order valence-corrected chi connectivity index (χ0v) is 14.8. The van der Waals surface area contributed by atoms with Gasteiger partial charge in [0.25, 0.3) is 0 Å². The van der Waals surface area contributed by atoms with Crippen LogP contribution in [0.4, 0.5) is 0 Å². The van der Waals surface area contributed by atoms with Crippen molar-refractivity contribution in [3.05, 3.63) is 47.0 Å². The predicted molar refractivity (Wildman–Crippen MR) is 98.5 cm³/mol. The van der Waals surface area contributed by atoms with Crippen LogP contribution in [0.15, 0.2) is 36.4 Å². The quantitative estimate of drug-likeness (QED) is 0.350. The van der Waals surface area contributed by atoms with E-state index in [-0.39, 0.29) is 0 Å². The van der Waals surface area contributed by atoms with Gasteiger partial charge in [0, 0.05) is 5.02 Å². The van der Waals surface area contributed by atoms with E-state index in [2.05, 4.69) is 31.2 Å². The molecular weight excluding hydrogens is 288 g/mol. The van der Waals surface area contributed by atoms with Crippen LogP contribution in [-0.2, 0) is 6.42 Å². The number of hydrogen-bond acceptors (Lipinski definition) is 0. The lowest BCUT2D eigenvalue weighted by Crippen LogP contribution is -2.13. The standard InChI is InChI=1S/C21H31Cl/c1-2-3-4-7-18-10-12-19(13-11-18)8-5-6-9-20-14-16-21(22)17-15-20/h5,8,14-19H,2-4,6-7,9-13H2,1H3/b8-5+/t18-,19-. The third-order valence-electron chi connectivity index (χ3n) is 5.03. The van der Waals surface area contributed by atoms with Gasteiger partial charge in [-0.3, -0.25) is 0 Å². The molecule has 0 saturated heterocycles. The van der Waals surface area contributed by atoms with E-state index in [1.807, 2.05) is 12.1 Å². The van der Waals surface area contributed by atoms with Crippen molar-refractivity contribution >= 4 is 11.6 Å². The van der Waals surface area contributed by atoms with Crippen molar-refractivity contribution in [1.82, 2.24) is 0 Å². The minimum absolute atomic E-state index is 0.829. The molecular formula is C21H31Cl. The van der Waals surface area contributed by atoms with Crippen molar-refractivity contribution in [1.29, 1.82) is 0 Å². The maximum Gasteiger partial charge on any atom is 0.0406 e. The number of unbranched alkanes of at least 4 members (excludes halogenated alkanes) is 2. The van der Waals surface area contributed by atoms with Crippen molar-refractivity contribution in [3.63, 3.8) is 0 Å². The van der Waals surface area contributed by atoms with Crippen LogP contribution in [0.1, 0.15) is 70.3 Å². The smallest absolute Gasteiger partial charge is 0.0406 e. The Bertz CT molecular complexity index is 424. The topological polar surface area (TPSA) is 0 Å². The second kappa shape index (κ2) is 10.1. The summed E-state index contributed by atoms with van der Waals surface area (Å²) in [7, 11) is 0. The molecule has 1 aromatic carbocycles. The van der Waals surface area contributed by atoms with Gasteiger partial charge in [0.2, 0.25) is 0 Å². The molecule has 0 amide bonds. The third kappa shape index (κ3) is 6.57. The Kier molecular flexibility index (Phi) is 8.08. The van der Waals surface area contributed by atoms with E-state index < -0.39 is 0 Å². The van der Waals surface area contributed by atoms with Gasteiger partial charge in [-0.15, -0.1) is 0 Å². The molecule has 22 heavy (non-hydrogen) atoms. The summed E-state index contributed by atoms with van der Waals surface area (Å²) in [6.07, 6.45) is 18.6. The molecule has 0 aromatic heterocycles. The lowest BCUT2D eigenvalue weighted by atomic mass is 9.79. The number of benzene rings is 1. The van der Waals surface area contributed by atoms with Crippen molar-refractivity contribution in [3.8, 4) is 0 Å². The molecule has 0 spiro atoms. The van der Waals surface area contributed by atoms with Crippen molar-refractivity contribution in [2.45, 2.75) is 71.1 Å². The highest BCUT2D eigenvalue weighted by Crippen LogP contribution is 2.32. The van der Waals surface area contributed by atoms with E-state index >= 15 is 0 Å². The molecule has 0 heterocycles. The molecule has 1 saturated carbocycles. The summed E-state index contributed by atoms with van der Waals surface area (Å²) < 4.78 is 0. The normalized spacial score (nSPS) is 22.3. The van der Waals surface area contributed by atoms with Crippen molar-refractivity contribution < 1.29 is 0 Å². The van der Waals surface area contributed by atoms with E-state index in [1.54, 1.807) is 0 Å². The summed E-state index contributed by atoms with van der Waals surface area (Å²) in [5.41, 5.74) is 1.38. The summed E-state index contributed by atoms with van der Waals surface area (Å²) in [5.74, 6) is 1.86. The number of halogens is 1. The van der Waals surface area contributed by atoms with Crippen LogP contribution >= 0.6 is 11.6 Å². The third-order valence-corrected chi connectivity index (χ3v) is 5.28. The van der Waals surface area contributed by atoms with Crippen LogP contribution in [0, 0.1) is 11.8 Å². The molecule has 0 N–H and O–H groups in total. The molecule has 0 nitrogen and oxygen atoms in total. The number of allylic oxidation sites excluding steroid dienone is 2. The monoisotopic (exact) mass is 318 g/mol. The summed E-state index contributed by atoms with van der Waals surface area (Å²) in [6.45, 7) is 2.30. The minimum atomic E-state index is 0.829. The minimum Gasteiger partial charge on any atom is -0.0879 e. The van der Waals surface area contributed by atoms with Crippen LogP contribution in [0.2, 0.25) is 5.02 Å². The van der Waals surface area contributed by atoms with E-state index in [0.717, 1.165) is 29.7 Å². The van der Waals surface area contributed by atoms with Gasteiger partial charge in [0.05, 0.1) is 0 Å². The molecule has 2 rings (SSSR count). The van der Waals surface area contributed by atoms with Gasteiger partial charge in [0.15, 0.2) is 0 Å². The first-order valence-corrected chi connectivity index (χ1v) is 9.57. The van der Waals surface area contributed by atoms with Gasteiger partial charge in [-0.2, -0.15) is 0 Å². The molecule has 1 aliphatic rings. The Morgan fingerprint density at radius 3 is 2.45 bits per heavy atom. The highest BCUT2D eigenvalue weighted by molar-refractivity contribution is 6.30. The molecule has 0 unspecified atom stereocenters. The zero-order valence-electron chi connectivity index (χ0n) is 14.1. The zero-order chi connectivity index (χ0) is 15.6. The largest absolute Gasteiger partial charge is 0.0879 e. The van der Waals surface area contributed by atoms with E-state index in [4.69, 9.17) is 11.6 Å². The average molecular weight is 319 g/mol. The maximum atomic E-state index is 5.91. The van der Waals surface area contributed by atoms with E-state index in [1.165, 1.54) is 56.9 Å². The molecule has 122 valence electrons. The molecule has 0 bridgehead atoms. The molecule has 1 aliphatic carbocycles. The Labute approximate surface area is 142 Å². The van der Waals surface area contributed by atoms with Gasteiger partial charge < -0.3 is 0 Å². The Hall–Kier alpha value is -0.750. The van der Waals surface area contributed by atoms with E-state index in [9.17, 15) is 0 Å². The lowest BCUT2D eigenvalue weighted by molar-refractivity contribution is 0.289. The Balaban J connectivity index is 1.60. The van der Waals surface area contributed by atoms with Crippen LogP contribution in [0.25, 0.3) is 0 Å². The summed E-state index contributed by atoms with van der Waals surface area (Å²) in [5, 5.41) is 0.829. The summed E-state index contributed by atoms with van der Waals surface area (Å²) >= 11 is 5.91. The van der Waals surface area contributed by atoms with Gasteiger partial charge in [-0.1, -0.05) is 68.5 Å². The first kappa shape index (κ1) is 17.6. The summed E-state index contributed by atoms with van der Waals surface area (Å²) in [6, 6.07) is 8.25. The van der Waals surface area contributed by atoms with Crippen LogP contribution in [0.5, 0.6) is 0 Å². The first-order valence-electron chi connectivity index (χ1n) is 9.19. The first-order chi connectivity index (χ1) is 10.8. The van der Waals surface area contributed by atoms with Gasteiger partial charge in [-0.05, 0) is 68.1 Å². The Morgan fingerprint density at radius 1 is 1.05 bits per heavy atom. The van der Waals surface area contributed by atoms with Crippen LogP contribution in [0.3, 0.4) is 0 Å². The van der Waals surface area contributed by atoms with E-state index in [0.29, 0.717) is 0 Å². The number of hydrogen-bond donors (Lipinski definition) is 0. The predicted octanol–water partition coefficient (Wildman–Crippen LogP) is 7.22. The molecule has 0 atom stereocenters. The fraction of sp³-hybridized carbons (Fsp3) is 0.619. The van der Waals surface area contributed by atoms with Crippen molar-refractivity contribution in [2.24, 2.45) is 11.8 Å². The second-order valence-corrected chi connectivity index (χ2v) is 7.31.